The number of carbonyl (C=O) groups excluding carboxylic acids is 1. The lowest BCUT2D eigenvalue weighted by atomic mass is 10.0. The van der Waals surface area contributed by atoms with Crippen LogP contribution in [0.1, 0.15) is 46.5 Å². The Hall–Kier alpha value is -2.11. The fourth-order valence-electron chi connectivity index (χ4n) is 4.43. The summed E-state index contributed by atoms with van der Waals surface area (Å²) in [5, 5.41) is 3.43. The highest BCUT2D eigenvalue weighted by Gasteiger charge is 2.41. The molecule has 0 bridgehead atoms. The van der Waals surface area contributed by atoms with E-state index in [1.54, 1.807) is 0 Å². The summed E-state index contributed by atoms with van der Waals surface area (Å²) >= 11 is 0. The van der Waals surface area contributed by atoms with Gasteiger partial charge in [-0.25, -0.2) is 4.79 Å². The Labute approximate surface area is 171 Å². The van der Waals surface area contributed by atoms with E-state index in [0.29, 0.717) is 24.8 Å². The highest BCUT2D eigenvalue weighted by atomic mass is 35.5. The Kier molecular flexibility index (Phi) is 6.57. The van der Waals surface area contributed by atoms with Crippen LogP contribution in [0.5, 0.6) is 0 Å². The maximum absolute atomic E-state index is 13.0. The van der Waals surface area contributed by atoms with E-state index in [0.717, 1.165) is 37.8 Å². The third-order valence-electron chi connectivity index (χ3n) is 5.80. The van der Waals surface area contributed by atoms with Crippen LogP contribution in [-0.2, 0) is 12.8 Å². The second-order valence-electron chi connectivity index (χ2n) is 7.60. The largest absolute Gasteiger partial charge is 0.427 e. The predicted molar refractivity (Wildman–Crippen MR) is 111 cm³/mol. The van der Waals surface area contributed by atoms with Crippen LogP contribution in [0.15, 0.2) is 45.6 Å². The minimum Gasteiger partial charge on any atom is -0.427 e. The van der Waals surface area contributed by atoms with Gasteiger partial charge in [0.15, 0.2) is 0 Å². The molecule has 2 saturated heterocycles. The molecule has 0 unspecified atom stereocenters. The molecule has 1 N–H and O–H groups in total. The second-order valence-corrected chi connectivity index (χ2v) is 7.60. The number of likely N-dealkylation sites (tertiary alicyclic amines) is 1. The van der Waals surface area contributed by atoms with Crippen LogP contribution in [-0.4, -0.2) is 36.0 Å². The second kappa shape index (κ2) is 8.93. The van der Waals surface area contributed by atoms with Crippen LogP contribution in [0.4, 0.5) is 0 Å². The van der Waals surface area contributed by atoms with Crippen molar-refractivity contribution in [3.05, 3.63) is 69.3 Å². The number of rotatable bonds is 5. The normalized spacial score (nSPS) is 20.7. The predicted octanol–water partition coefficient (Wildman–Crippen LogP) is 3.12. The molecule has 1 amide bonds. The van der Waals surface area contributed by atoms with E-state index in [1.165, 1.54) is 5.56 Å². The van der Waals surface area contributed by atoms with Gasteiger partial charge in [-0.15, -0.1) is 12.4 Å². The van der Waals surface area contributed by atoms with Crippen LogP contribution >= 0.6 is 12.4 Å². The van der Waals surface area contributed by atoms with Gasteiger partial charge in [-0.1, -0.05) is 30.3 Å². The van der Waals surface area contributed by atoms with Crippen molar-refractivity contribution in [2.45, 2.75) is 51.1 Å². The van der Waals surface area contributed by atoms with Gasteiger partial charge in [-0.05, 0) is 56.3 Å². The average Bonchev–Trinajstić information content (AvgIpc) is 3.25. The summed E-state index contributed by atoms with van der Waals surface area (Å²) in [4.78, 5) is 27.4. The number of benzene rings is 1. The molecule has 2 atom stereocenters. The Bertz CT molecular complexity index is 881. The molecule has 2 fully saturated rings. The summed E-state index contributed by atoms with van der Waals surface area (Å²) in [5.74, 6) is 0.486. The molecule has 4 rings (SSSR count). The standard InChI is InChI=1S/C22H26N2O3.ClH/c1-15-14-17(9-5-8-16-6-3-2-4-7-16)27-22(26)20(15)21(25)24-13-11-18-19(24)10-12-23-18;/h2-4,6-7,14,18-19,23H,5,8-13H2,1H3;1H/t18-,19-;/m0./s1. The lowest BCUT2D eigenvalue weighted by Gasteiger charge is -2.23. The van der Waals surface area contributed by atoms with E-state index >= 15 is 0 Å². The molecule has 5 nitrogen and oxygen atoms in total. The van der Waals surface area contributed by atoms with Crippen LogP contribution in [0.3, 0.4) is 0 Å². The van der Waals surface area contributed by atoms with Crippen molar-refractivity contribution >= 4 is 18.3 Å². The zero-order valence-corrected chi connectivity index (χ0v) is 17.0. The summed E-state index contributed by atoms with van der Waals surface area (Å²) in [6, 6.07) is 12.7. The number of amides is 1. The topological polar surface area (TPSA) is 62.6 Å². The van der Waals surface area contributed by atoms with Crippen LogP contribution in [0.2, 0.25) is 0 Å². The smallest absolute Gasteiger partial charge is 0.349 e. The third kappa shape index (κ3) is 4.15. The Morgan fingerprint density at radius 1 is 1.21 bits per heavy atom. The van der Waals surface area contributed by atoms with Crippen molar-refractivity contribution in [3.8, 4) is 0 Å². The maximum Gasteiger partial charge on any atom is 0.349 e. The van der Waals surface area contributed by atoms with E-state index in [1.807, 2.05) is 36.1 Å². The SMILES string of the molecule is Cc1cc(CCCc2ccccc2)oc(=O)c1C(=O)N1CC[C@@H]2NCC[C@@H]21.Cl. The minimum absolute atomic E-state index is 0. The van der Waals surface area contributed by atoms with E-state index in [9.17, 15) is 9.59 Å². The number of aryl methyl sites for hydroxylation is 3. The van der Waals surface area contributed by atoms with Crippen LogP contribution < -0.4 is 10.9 Å². The Morgan fingerprint density at radius 2 is 2.00 bits per heavy atom. The molecule has 1 aromatic carbocycles. The molecule has 0 spiro atoms. The Balaban J connectivity index is 0.00000225. The summed E-state index contributed by atoms with van der Waals surface area (Å²) in [5.41, 5.74) is 1.70. The molecular weight excluding hydrogens is 376 g/mol. The minimum atomic E-state index is -0.496. The van der Waals surface area contributed by atoms with Gasteiger partial charge in [0, 0.05) is 25.0 Å². The highest BCUT2D eigenvalue weighted by molar-refractivity contribution is 5.95. The molecule has 0 radical (unpaired) electrons. The number of carbonyl (C=O) groups is 1. The van der Waals surface area contributed by atoms with Gasteiger partial charge in [0.25, 0.3) is 5.91 Å². The molecule has 28 heavy (non-hydrogen) atoms. The number of hydrogen-bond donors (Lipinski definition) is 1. The zero-order chi connectivity index (χ0) is 18.8. The molecule has 1 aromatic heterocycles. The number of nitrogens with zero attached hydrogens (tertiary/aromatic N) is 1. The first-order chi connectivity index (χ1) is 13.1. The van der Waals surface area contributed by atoms with Gasteiger partial charge < -0.3 is 14.6 Å². The van der Waals surface area contributed by atoms with Crippen molar-refractivity contribution in [3.63, 3.8) is 0 Å². The molecule has 6 heteroatoms. The molecule has 2 aromatic rings. The van der Waals surface area contributed by atoms with E-state index < -0.39 is 5.63 Å². The fourth-order valence-corrected chi connectivity index (χ4v) is 4.43. The molecule has 2 aliphatic heterocycles. The first kappa shape index (κ1) is 20.6. The van der Waals surface area contributed by atoms with Gasteiger partial charge in [0.05, 0.1) is 0 Å². The molecule has 2 aliphatic rings. The first-order valence-electron chi connectivity index (χ1n) is 9.85. The molecular formula is C22H27ClN2O3. The monoisotopic (exact) mass is 402 g/mol. The van der Waals surface area contributed by atoms with Crippen molar-refractivity contribution in [1.82, 2.24) is 10.2 Å². The van der Waals surface area contributed by atoms with Crippen LogP contribution in [0.25, 0.3) is 0 Å². The van der Waals surface area contributed by atoms with Crippen molar-refractivity contribution < 1.29 is 9.21 Å². The van der Waals surface area contributed by atoms with Crippen molar-refractivity contribution in [1.29, 1.82) is 0 Å². The zero-order valence-electron chi connectivity index (χ0n) is 16.1. The van der Waals surface area contributed by atoms with Gasteiger partial charge in [-0.3, -0.25) is 4.79 Å². The average molecular weight is 403 g/mol. The number of hydrogen-bond acceptors (Lipinski definition) is 4. The number of halogens is 1. The van der Waals surface area contributed by atoms with Crippen molar-refractivity contribution in [2.75, 3.05) is 13.1 Å². The number of nitrogens with one attached hydrogen (secondary N) is 1. The first-order valence-corrected chi connectivity index (χ1v) is 9.85. The highest BCUT2D eigenvalue weighted by Crippen LogP contribution is 2.26. The number of fused-ring (bicyclic) bond motifs is 1. The summed E-state index contributed by atoms with van der Waals surface area (Å²) < 4.78 is 5.50. The summed E-state index contributed by atoms with van der Waals surface area (Å²) in [6.45, 7) is 3.48. The Morgan fingerprint density at radius 3 is 2.75 bits per heavy atom. The fraction of sp³-hybridized carbons (Fsp3) is 0.455. The third-order valence-corrected chi connectivity index (χ3v) is 5.80. The quantitative estimate of drug-likeness (QED) is 0.834. The lowest BCUT2D eigenvalue weighted by Crippen LogP contribution is -2.40. The van der Waals surface area contributed by atoms with Gasteiger partial charge in [-0.2, -0.15) is 0 Å². The van der Waals surface area contributed by atoms with E-state index in [-0.39, 0.29) is 29.9 Å². The molecule has 0 aliphatic carbocycles. The van der Waals surface area contributed by atoms with Crippen molar-refractivity contribution in [2.24, 2.45) is 0 Å². The summed E-state index contributed by atoms with van der Waals surface area (Å²) in [6.07, 6.45) is 4.45. The van der Waals surface area contributed by atoms with Crippen LogP contribution in [0, 0.1) is 6.92 Å². The molecule has 3 heterocycles. The lowest BCUT2D eigenvalue weighted by molar-refractivity contribution is 0.0731. The maximum atomic E-state index is 13.0. The summed E-state index contributed by atoms with van der Waals surface area (Å²) in [7, 11) is 0. The van der Waals surface area contributed by atoms with E-state index in [2.05, 4.69) is 17.4 Å². The van der Waals surface area contributed by atoms with E-state index in [4.69, 9.17) is 4.42 Å². The van der Waals surface area contributed by atoms with Gasteiger partial charge in [0.1, 0.15) is 11.3 Å². The molecule has 150 valence electrons. The molecule has 0 saturated carbocycles. The van der Waals surface area contributed by atoms with Gasteiger partial charge in [0.2, 0.25) is 0 Å². The van der Waals surface area contributed by atoms with Gasteiger partial charge >= 0.3 is 5.63 Å².